The van der Waals surface area contributed by atoms with E-state index < -0.39 is 18.2 Å². The number of nitrogens with one attached hydrogen (secondary N) is 1. The van der Waals surface area contributed by atoms with Crippen molar-refractivity contribution >= 4 is 88.3 Å². The van der Waals surface area contributed by atoms with E-state index in [4.69, 9.17) is 73.0 Å². The van der Waals surface area contributed by atoms with Gasteiger partial charge in [-0.25, -0.2) is 0 Å². The number of aliphatic hydroxyl groups is 1. The maximum Gasteiger partial charge on any atom is 0.236 e. The number of nitrogens with zero attached hydrogens (tertiary/aromatic N) is 2. The van der Waals surface area contributed by atoms with Crippen LogP contribution in [0.1, 0.15) is 32.1 Å². The fourth-order valence-corrected chi connectivity index (χ4v) is 3.13. The van der Waals surface area contributed by atoms with Gasteiger partial charge in [0.25, 0.3) is 0 Å². The molecule has 0 saturated carbocycles. The lowest BCUT2D eigenvalue weighted by molar-refractivity contribution is -0.130. The number of Topliss-reactive ketones (excluding diaryl/α,β-unsaturated/α-hetero) is 1. The summed E-state index contributed by atoms with van der Waals surface area (Å²) in [4.78, 5) is 84.6. The van der Waals surface area contributed by atoms with E-state index in [-0.39, 0.29) is 81.7 Å². The van der Waals surface area contributed by atoms with Crippen molar-refractivity contribution in [2.75, 3.05) is 52.3 Å². The lowest BCUT2D eigenvalue weighted by atomic mass is 9.88. The minimum Gasteiger partial charge on any atom is -0.379 e. The number of aldehydes is 5. The Balaban J connectivity index is -0.000000173. The van der Waals surface area contributed by atoms with Crippen LogP contribution in [0.2, 0.25) is 25.3 Å². The number of hydrogen-bond acceptors (Lipinski definition) is 15. The van der Waals surface area contributed by atoms with Gasteiger partial charge in [-0.1, -0.05) is 12.6 Å². The molecular weight excluding hydrogens is 658 g/mol. The van der Waals surface area contributed by atoms with Crippen molar-refractivity contribution in [2.24, 2.45) is 34.6 Å². The highest BCUT2D eigenvalue weighted by atomic mass is 16.3. The van der Waals surface area contributed by atoms with Crippen molar-refractivity contribution in [3.8, 4) is 0 Å². The molecule has 0 aromatic rings. The van der Waals surface area contributed by atoms with Crippen molar-refractivity contribution in [1.82, 2.24) is 15.1 Å². The summed E-state index contributed by atoms with van der Waals surface area (Å²) in [6, 6.07) is -0.634. The topological polar surface area (TPSA) is 305 Å². The number of nitrogens with two attached hydrogens (primary N) is 5. The summed E-state index contributed by atoms with van der Waals surface area (Å²) < 4.78 is 0. The SMILES string of the molecule is [B]CC(=O)C(CC=O)CCN.[B]CC(N)C(=O)NCC=O.[B]CC(N)CCCC=O.[B]CC(O)N(CC=O)CCN.[B]CN(CC=O)C(=O)CN. The molecule has 0 aliphatic carbocycles. The fraction of sp³-hybridized carbons (Fsp3) is 0.724. The molecule has 0 aromatic heterocycles. The molecule has 0 fully saturated rings. The van der Waals surface area contributed by atoms with E-state index >= 15 is 0 Å². The lowest BCUT2D eigenvalue weighted by Gasteiger charge is -2.23. The van der Waals surface area contributed by atoms with Gasteiger partial charge in [-0.3, -0.25) is 14.5 Å². The maximum absolute atomic E-state index is 11.0. The summed E-state index contributed by atoms with van der Waals surface area (Å²) in [6.45, 7) is 1.39. The van der Waals surface area contributed by atoms with Crippen LogP contribution in [-0.4, -0.2) is 174 Å². The Morgan fingerprint density at radius 3 is 1.75 bits per heavy atom. The average molecular weight is 714 g/mol. The number of carbonyl (C=O) groups is 8. The third-order valence-electron chi connectivity index (χ3n) is 6.10. The monoisotopic (exact) mass is 714 g/mol. The van der Waals surface area contributed by atoms with Crippen LogP contribution < -0.4 is 34.0 Å². The van der Waals surface area contributed by atoms with E-state index in [9.17, 15) is 38.4 Å². The zero-order valence-electron chi connectivity index (χ0n) is 29.6. The van der Waals surface area contributed by atoms with Crippen LogP contribution in [0.5, 0.6) is 0 Å². The zero-order valence-corrected chi connectivity index (χ0v) is 29.6. The van der Waals surface area contributed by atoms with Gasteiger partial charge in [0.1, 0.15) is 37.2 Å². The third kappa shape index (κ3) is 39.6. The summed E-state index contributed by atoms with van der Waals surface area (Å²) in [6.07, 6.45) is 6.66. The molecule has 4 atom stereocenters. The first-order valence-electron chi connectivity index (χ1n) is 16.1. The lowest BCUT2D eigenvalue weighted by Crippen LogP contribution is -2.40. The molecule has 0 aliphatic heterocycles. The van der Waals surface area contributed by atoms with Gasteiger partial charge in [0.05, 0.1) is 77.7 Å². The summed E-state index contributed by atoms with van der Waals surface area (Å²) in [7, 11) is 25.7. The second-order valence-electron chi connectivity index (χ2n) is 10.0. The number of unbranched alkanes of at least 4 members (excludes halogenated alkanes) is 1. The van der Waals surface area contributed by atoms with Gasteiger partial charge in [0.15, 0.2) is 0 Å². The number of aliphatic hydroxyl groups excluding tert-OH is 1. The van der Waals surface area contributed by atoms with E-state index in [0.717, 1.165) is 25.4 Å². The van der Waals surface area contributed by atoms with Gasteiger partial charge in [-0.05, 0) is 50.9 Å². The molecule has 17 nitrogen and oxygen atoms in total. The number of hydrogen-bond donors (Lipinski definition) is 7. The first-order chi connectivity index (χ1) is 24.3. The summed E-state index contributed by atoms with van der Waals surface area (Å²) in [5.74, 6) is -1.05. The standard InChI is InChI=1S/C7H12BNO2.C6H13BN2O2.C6H12BNO.2C5H9BN2O2/c8-5-7(11)6(1-3-9)2-4-10;7-5-6(11)9(2-1-8)3-4-10;7-5-6(8)3-1-2-4-9;6-4-8(1-2-9)5(10)3-7;6-3-4(7)5(10)8-1-2-9/h4,6H,1-3,5,9H2;4,6,11H,1-3,5,8H2;4,6H,1-3,5,8H2;2H,1,3-4,7H2;2,4H,1,3,7H2,(H,8,10). The van der Waals surface area contributed by atoms with Gasteiger partial charge < -0.3 is 72.8 Å². The van der Waals surface area contributed by atoms with Crippen LogP contribution in [0.4, 0.5) is 0 Å². The van der Waals surface area contributed by atoms with Gasteiger partial charge >= 0.3 is 0 Å². The molecular formula is C29H55B5N8O9. The molecule has 0 bridgehead atoms. The minimum atomic E-state index is -0.760. The number of amides is 2. The third-order valence-corrected chi connectivity index (χ3v) is 6.10. The van der Waals surface area contributed by atoms with Crippen molar-refractivity contribution in [1.29, 1.82) is 0 Å². The largest absolute Gasteiger partial charge is 0.379 e. The molecule has 0 spiro atoms. The Morgan fingerprint density at radius 2 is 1.37 bits per heavy atom. The van der Waals surface area contributed by atoms with Gasteiger partial charge in [0.2, 0.25) is 11.8 Å². The normalized spacial score (nSPS) is 12.0. The van der Waals surface area contributed by atoms with Crippen molar-refractivity contribution in [2.45, 2.75) is 75.7 Å². The van der Waals surface area contributed by atoms with Crippen molar-refractivity contribution in [3.05, 3.63) is 0 Å². The number of ketones is 1. The minimum absolute atomic E-state index is 0.00148. The molecule has 0 rings (SSSR count). The highest BCUT2D eigenvalue weighted by Crippen LogP contribution is 2.08. The highest BCUT2D eigenvalue weighted by molar-refractivity contribution is 6.20. The summed E-state index contributed by atoms with van der Waals surface area (Å²) >= 11 is 0. The molecule has 0 saturated heterocycles. The summed E-state index contributed by atoms with van der Waals surface area (Å²) in [5.41, 5.74) is 26.2. The Labute approximate surface area is 309 Å². The zero-order chi connectivity index (χ0) is 40.5. The predicted octanol–water partition coefficient (Wildman–Crippen LogP) is -5.37. The molecule has 0 heterocycles. The Bertz CT molecular complexity index is 903. The molecule has 280 valence electrons. The van der Waals surface area contributed by atoms with E-state index in [1.807, 2.05) is 0 Å². The number of carbonyl (C=O) groups excluding carboxylic acids is 8. The van der Waals surface area contributed by atoms with Crippen molar-refractivity contribution in [3.63, 3.8) is 0 Å². The molecule has 2 amide bonds. The Morgan fingerprint density at radius 1 is 0.765 bits per heavy atom. The molecule has 22 heteroatoms. The highest BCUT2D eigenvalue weighted by Gasteiger charge is 2.14. The molecule has 4 unspecified atom stereocenters. The van der Waals surface area contributed by atoms with Gasteiger partial charge in [-0.15, -0.1) is 0 Å². The van der Waals surface area contributed by atoms with Crippen LogP contribution in [-0.2, 0) is 38.4 Å². The second-order valence-corrected chi connectivity index (χ2v) is 10.0. The van der Waals surface area contributed by atoms with E-state index in [2.05, 4.69) is 5.32 Å². The fourth-order valence-electron chi connectivity index (χ4n) is 3.13. The molecule has 0 aliphatic rings. The van der Waals surface area contributed by atoms with Crippen molar-refractivity contribution < 1.29 is 43.5 Å². The van der Waals surface area contributed by atoms with Crippen LogP contribution in [0.15, 0.2) is 0 Å². The van der Waals surface area contributed by atoms with Crippen LogP contribution in [0.25, 0.3) is 0 Å². The average Bonchev–Trinajstić information content (AvgIpc) is 3.15. The smallest absolute Gasteiger partial charge is 0.236 e. The van der Waals surface area contributed by atoms with Gasteiger partial charge in [-0.2, -0.15) is 0 Å². The first-order valence-corrected chi connectivity index (χ1v) is 16.1. The quantitative estimate of drug-likeness (QED) is 0.0201. The Kier molecular flexibility index (Phi) is 50.6. The predicted molar refractivity (Wildman–Crippen MR) is 200 cm³/mol. The van der Waals surface area contributed by atoms with E-state index in [1.54, 1.807) is 0 Å². The molecule has 51 heavy (non-hydrogen) atoms. The molecule has 10 radical (unpaired) electrons. The van der Waals surface area contributed by atoms with Crippen LogP contribution in [0, 0.1) is 5.92 Å². The Hall–Kier alpha value is -3.00. The van der Waals surface area contributed by atoms with Crippen LogP contribution in [0.3, 0.4) is 0 Å². The van der Waals surface area contributed by atoms with Gasteiger partial charge in [0, 0.05) is 31.8 Å². The van der Waals surface area contributed by atoms with E-state index in [1.165, 1.54) is 9.80 Å². The second kappa shape index (κ2) is 45.0. The summed E-state index contributed by atoms with van der Waals surface area (Å²) in [5, 5.41) is 11.4. The first kappa shape index (κ1) is 57.4. The maximum atomic E-state index is 11.0. The molecule has 12 N–H and O–H groups in total. The van der Waals surface area contributed by atoms with E-state index in [0.29, 0.717) is 57.7 Å². The molecule has 0 aromatic carbocycles. The number of rotatable bonds is 25. The van der Waals surface area contributed by atoms with Crippen LogP contribution >= 0.6 is 0 Å².